The number of benzene rings is 1. The number of fused-ring (bicyclic) bond motifs is 1. The van der Waals surface area contributed by atoms with E-state index in [1.54, 1.807) is 24.4 Å². The van der Waals surface area contributed by atoms with Gasteiger partial charge in [0, 0.05) is 0 Å². The van der Waals surface area contributed by atoms with E-state index < -0.39 is 17.8 Å². The lowest BCUT2D eigenvalue weighted by Gasteiger charge is -2.13. The Morgan fingerprint density at radius 3 is 2.57 bits per heavy atom. The Morgan fingerprint density at radius 1 is 1.20 bits per heavy atom. The maximum atomic E-state index is 13.7. The van der Waals surface area contributed by atoms with Crippen LogP contribution in [0.5, 0.6) is 0 Å². The number of amides is 1. The summed E-state index contributed by atoms with van der Waals surface area (Å²) < 4.78 is 41.9. The summed E-state index contributed by atoms with van der Waals surface area (Å²) in [5.74, 6) is -0.602. The number of hydrogen-bond acceptors (Lipinski definition) is 4. The summed E-state index contributed by atoms with van der Waals surface area (Å²) in [5.41, 5.74) is -0.230. The Hall–Kier alpha value is -2.72. The molecule has 0 aliphatic carbocycles. The topological polar surface area (TPSA) is 59.3 Å². The van der Waals surface area contributed by atoms with Crippen molar-refractivity contribution in [1.29, 1.82) is 0 Å². The molecule has 0 fully saturated rings. The summed E-state index contributed by atoms with van der Waals surface area (Å²) in [6.07, 6.45) is -4.68. The maximum Gasteiger partial charge on any atom is 0.433 e. The van der Waals surface area contributed by atoms with Crippen LogP contribution in [0.4, 0.5) is 13.2 Å². The number of rotatable bonds is 4. The number of nitrogens with zero attached hydrogens (tertiary/aromatic N) is 3. The molecule has 0 spiro atoms. The van der Waals surface area contributed by atoms with Crippen molar-refractivity contribution in [2.75, 3.05) is 0 Å². The molecule has 5 nitrogen and oxygen atoms in total. The molecule has 0 unspecified atom stereocenters. The van der Waals surface area contributed by atoms with Gasteiger partial charge in [-0.15, -0.1) is 11.3 Å². The molecule has 154 valence electrons. The fourth-order valence-corrected chi connectivity index (χ4v) is 4.18. The first-order valence-electron chi connectivity index (χ1n) is 8.82. The van der Waals surface area contributed by atoms with Crippen molar-refractivity contribution in [3.05, 3.63) is 75.3 Å². The van der Waals surface area contributed by atoms with Crippen LogP contribution < -0.4 is 5.32 Å². The van der Waals surface area contributed by atoms with Crippen LogP contribution >= 0.6 is 27.3 Å². The zero-order valence-electron chi connectivity index (χ0n) is 15.4. The highest BCUT2D eigenvalue weighted by molar-refractivity contribution is 9.10. The average molecular weight is 495 g/mol. The standard InChI is InChI=1S/C20H14BrF3N4OS/c1-11(12-6-3-2-4-7-12)25-19(29)17-16(21)18-26-13(14-8-5-9-30-14)10-15(20(22,23)24)28(18)27-17/h2-11H,1H3,(H,25,29)/t11-/m1/s1. The van der Waals surface area contributed by atoms with E-state index in [2.05, 4.69) is 31.3 Å². The Bertz CT molecular complexity index is 1210. The first-order chi connectivity index (χ1) is 14.3. The molecule has 1 N–H and O–H groups in total. The minimum absolute atomic E-state index is 0.0780. The molecule has 0 aliphatic rings. The summed E-state index contributed by atoms with van der Waals surface area (Å²) >= 11 is 4.50. The second-order valence-corrected chi connectivity index (χ2v) is 8.25. The monoisotopic (exact) mass is 494 g/mol. The number of aromatic nitrogens is 3. The zero-order chi connectivity index (χ0) is 21.5. The summed E-state index contributed by atoms with van der Waals surface area (Å²) in [6.45, 7) is 1.78. The highest BCUT2D eigenvalue weighted by Gasteiger charge is 2.36. The lowest BCUT2D eigenvalue weighted by atomic mass is 10.1. The van der Waals surface area contributed by atoms with Crippen molar-refractivity contribution in [1.82, 2.24) is 19.9 Å². The Balaban J connectivity index is 1.78. The fraction of sp³-hybridized carbons (Fsp3) is 0.150. The summed E-state index contributed by atoms with van der Waals surface area (Å²) in [5, 5.41) is 8.44. The average Bonchev–Trinajstić information content (AvgIpc) is 3.36. The van der Waals surface area contributed by atoms with Gasteiger partial charge in [-0.3, -0.25) is 4.79 Å². The van der Waals surface area contributed by atoms with Crippen molar-refractivity contribution < 1.29 is 18.0 Å². The first-order valence-corrected chi connectivity index (χ1v) is 10.5. The molecule has 4 rings (SSSR count). The van der Waals surface area contributed by atoms with Gasteiger partial charge in [-0.05, 0) is 45.9 Å². The molecule has 0 saturated carbocycles. The molecule has 0 aliphatic heterocycles. The SMILES string of the molecule is C[C@@H](NC(=O)c1nn2c(C(F)(F)F)cc(-c3cccs3)nc2c1Br)c1ccccc1. The predicted octanol–water partition coefficient (Wildman–Crippen LogP) is 5.73. The normalized spacial score (nSPS) is 12.8. The van der Waals surface area contributed by atoms with Gasteiger partial charge in [0.2, 0.25) is 0 Å². The zero-order valence-corrected chi connectivity index (χ0v) is 17.8. The van der Waals surface area contributed by atoms with Crippen LogP contribution in [0, 0.1) is 0 Å². The number of alkyl halides is 3. The van der Waals surface area contributed by atoms with E-state index in [-0.39, 0.29) is 27.5 Å². The first kappa shape index (κ1) is 20.5. The van der Waals surface area contributed by atoms with Crippen LogP contribution in [0.25, 0.3) is 16.2 Å². The van der Waals surface area contributed by atoms with Gasteiger partial charge >= 0.3 is 6.18 Å². The number of halogens is 4. The van der Waals surface area contributed by atoms with Gasteiger partial charge in [-0.1, -0.05) is 36.4 Å². The van der Waals surface area contributed by atoms with E-state index in [1.807, 2.05) is 30.3 Å². The van der Waals surface area contributed by atoms with E-state index >= 15 is 0 Å². The molecule has 1 amide bonds. The van der Waals surface area contributed by atoms with Crippen LogP contribution in [-0.2, 0) is 6.18 Å². The second-order valence-electron chi connectivity index (χ2n) is 6.51. The molecule has 0 radical (unpaired) electrons. The van der Waals surface area contributed by atoms with Crippen LogP contribution in [0.1, 0.15) is 34.7 Å². The van der Waals surface area contributed by atoms with Crippen molar-refractivity contribution in [2.45, 2.75) is 19.1 Å². The largest absolute Gasteiger partial charge is 0.433 e. The number of nitrogens with one attached hydrogen (secondary N) is 1. The van der Waals surface area contributed by atoms with Gasteiger partial charge in [0.05, 0.1) is 21.1 Å². The van der Waals surface area contributed by atoms with Crippen LogP contribution in [0.3, 0.4) is 0 Å². The maximum absolute atomic E-state index is 13.7. The quantitative estimate of drug-likeness (QED) is 0.394. The van der Waals surface area contributed by atoms with Crippen LogP contribution in [-0.4, -0.2) is 20.5 Å². The highest BCUT2D eigenvalue weighted by atomic mass is 79.9. The molecular weight excluding hydrogens is 481 g/mol. The summed E-state index contributed by atoms with van der Waals surface area (Å²) in [7, 11) is 0. The number of thiophene rings is 1. The second kappa shape index (κ2) is 7.84. The molecule has 3 aromatic heterocycles. The van der Waals surface area contributed by atoms with E-state index in [4.69, 9.17) is 0 Å². The Labute approximate surface area is 181 Å². The third-order valence-corrected chi connectivity index (χ3v) is 6.08. The van der Waals surface area contributed by atoms with Gasteiger partial charge in [0.25, 0.3) is 5.91 Å². The molecule has 0 saturated heterocycles. The van der Waals surface area contributed by atoms with Crippen LogP contribution in [0.15, 0.2) is 58.4 Å². The van der Waals surface area contributed by atoms with E-state index in [1.165, 1.54) is 11.3 Å². The summed E-state index contributed by atoms with van der Waals surface area (Å²) in [6, 6.07) is 13.2. The highest BCUT2D eigenvalue weighted by Crippen LogP contribution is 2.35. The van der Waals surface area contributed by atoms with Crippen molar-refractivity contribution in [3.8, 4) is 10.6 Å². The van der Waals surface area contributed by atoms with Crippen molar-refractivity contribution >= 4 is 38.8 Å². The minimum atomic E-state index is -4.68. The van der Waals surface area contributed by atoms with Gasteiger partial charge in [0.1, 0.15) is 0 Å². The molecule has 30 heavy (non-hydrogen) atoms. The molecular formula is C20H14BrF3N4OS. The predicted molar refractivity (Wildman–Crippen MR) is 111 cm³/mol. The van der Waals surface area contributed by atoms with E-state index in [9.17, 15) is 18.0 Å². The van der Waals surface area contributed by atoms with Crippen LogP contribution in [0.2, 0.25) is 0 Å². The molecule has 0 bridgehead atoms. The smallest absolute Gasteiger partial charge is 0.344 e. The number of hydrogen-bond donors (Lipinski definition) is 1. The molecule has 10 heteroatoms. The lowest BCUT2D eigenvalue weighted by molar-refractivity contribution is -0.142. The number of carbonyl (C=O) groups excluding carboxylic acids is 1. The molecule has 3 heterocycles. The van der Waals surface area contributed by atoms with Gasteiger partial charge in [-0.25, -0.2) is 9.50 Å². The van der Waals surface area contributed by atoms with Crippen molar-refractivity contribution in [2.24, 2.45) is 0 Å². The Morgan fingerprint density at radius 2 is 1.93 bits per heavy atom. The molecule has 1 aromatic carbocycles. The third-order valence-electron chi connectivity index (χ3n) is 4.46. The van der Waals surface area contributed by atoms with E-state index in [0.717, 1.165) is 11.6 Å². The minimum Gasteiger partial charge on any atom is -0.344 e. The van der Waals surface area contributed by atoms with Gasteiger partial charge in [0.15, 0.2) is 17.0 Å². The van der Waals surface area contributed by atoms with Gasteiger partial charge in [-0.2, -0.15) is 18.3 Å². The summed E-state index contributed by atoms with van der Waals surface area (Å²) in [4.78, 5) is 17.7. The Kier molecular flexibility index (Phi) is 5.37. The molecule has 1 atom stereocenters. The van der Waals surface area contributed by atoms with Crippen molar-refractivity contribution in [3.63, 3.8) is 0 Å². The lowest BCUT2D eigenvalue weighted by Crippen LogP contribution is -2.27. The third kappa shape index (κ3) is 3.84. The van der Waals surface area contributed by atoms with E-state index in [0.29, 0.717) is 9.39 Å². The van der Waals surface area contributed by atoms with Gasteiger partial charge < -0.3 is 5.32 Å². The molecule has 4 aromatic rings. The number of carbonyl (C=O) groups is 1. The fourth-order valence-electron chi connectivity index (χ4n) is 2.98.